The second-order valence-electron chi connectivity index (χ2n) is 7.36. The minimum atomic E-state index is -0.0261. The monoisotopic (exact) mass is 427 g/mol. The Labute approximate surface area is 184 Å². The van der Waals surface area contributed by atoms with Crippen molar-refractivity contribution >= 4 is 38.9 Å². The quantitative estimate of drug-likeness (QED) is 0.409. The highest BCUT2D eigenvalue weighted by Crippen LogP contribution is 2.38. The molecule has 0 aliphatic rings. The fourth-order valence-corrected chi connectivity index (χ4v) is 4.40. The van der Waals surface area contributed by atoms with Crippen LogP contribution in [-0.4, -0.2) is 24.9 Å². The SMILES string of the molecule is Cc1ccc(CO)cc1N(c1ccccc1)c1nc(-c2cnn(C)c2)c2ccsc2n1. The van der Waals surface area contributed by atoms with Gasteiger partial charge in [0.1, 0.15) is 4.83 Å². The maximum atomic E-state index is 9.73. The molecule has 31 heavy (non-hydrogen) atoms. The van der Waals surface area contributed by atoms with E-state index in [1.165, 1.54) is 0 Å². The largest absolute Gasteiger partial charge is 0.392 e. The lowest BCUT2D eigenvalue weighted by atomic mass is 10.1. The summed E-state index contributed by atoms with van der Waals surface area (Å²) in [6.45, 7) is 2.03. The summed E-state index contributed by atoms with van der Waals surface area (Å²) in [5, 5.41) is 17.1. The van der Waals surface area contributed by atoms with Crippen LogP contribution in [0.4, 0.5) is 17.3 Å². The number of aromatic nitrogens is 4. The first-order valence-corrected chi connectivity index (χ1v) is 10.8. The highest BCUT2D eigenvalue weighted by Gasteiger charge is 2.21. The van der Waals surface area contributed by atoms with Crippen LogP contribution < -0.4 is 4.90 Å². The van der Waals surface area contributed by atoms with Crippen LogP contribution in [0.5, 0.6) is 0 Å². The van der Waals surface area contributed by atoms with Gasteiger partial charge in [-0.05, 0) is 47.7 Å². The van der Waals surface area contributed by atoms with Gasteiger partial charge in [-0.1, -0.05) is 30.3 Å². The van der Waals surface area contributed by atoms with E-state index in [0.29, 0.717) is 5.95 Å². The van der Waals surface area contributed by atoms with E-state index >= 15 is 0 Å². The molecule has 2 aromatic carbocycles. The zero-order valence-electron chi connectivity index (χ0n) is 17.2. The van der Waals surface area contributed by atoms with Crippen LogP contribution in [0.2, 0.25) is 0 Å². The molecule has 6 nitrogen and oxygen atoms in total. The van der Waals surface area contributed by atoms with Crippen molar-refractivity contribution in [2.45, 2.75) is 13.5 Å². The summed E-state index contributed by atoms with van der Waals surface area (Å²) in [7, 11) is 1.90. The molecule has 0 fully saturated rings. The molecule has 0 bridgehead atoms. The van der Waals surface area contributed by atoms with Crippen molar-refractivity contribution in [3.63, 3.8) is 0 Å². The molecule has 0 radical (unpaired) electrons. The molecule has 5 aromatic rings. The Morgan fingerprint density at radius 1 is 1.06 bits per heavy atom. The van der Waals surface area contributed by atoms with Gasteiger partial charge >= 0.3 is 0 Å². The summed E-state index contributed by atoms with van der Waals surface area (Å²) in [5.41, 5.74) is 5.60. The van der Waals surface area contributed by atoms with Crippen LogP contribution in [0.25, 0.3) is 21.5 Å². The normalized spacial score (nSPS) is 11.2. The average Bonchev–Trinajstić information content (AvgIpc) is 3.44. The Balaban J connectivity index is 1.78. The van der Waals surface area contributed by atoms with Crippen molar-refractivity contribution < 1.29 is 5.11 Å². The minimum absolute atomic E-state index is 0.0261. The number of aryl methyl sites for hydroxylation is 2. The molecule has 1 N–H and O–H groups in total. The van der Waals surface area contributed by atoms with E-state index < -0.39 is 0 Å². The number of anilines is 3. The Kier molecular flexibility index (Phi) is 4.97. The zero-order valence-corrected chi connectivity index (χ0v) is 18.0. The van der Waals surface area contributed by atoms with Gasteiger partial charge < -0.3 is 5.11 Å². The smallest absolute Gasteiger partial charge is 0.236 e. The van der Waals surface area contributed by atoms with Crippen molar-refractivity contribution in [2.24, 2.45) is 7.05 Å². The number of para-hydroxylation sites is 1. The van der Waals surface area contributed by atoms with Crippen molar-refractivity contribution in [1.29, 1.82) is 0 Å². The molecule has 3 heterocycles. The Morgan fingerprint density at radius 2 is 1.90 bits per heavy atom. The standard InChI is InChI=1S/C24H21N5OS/c1-16-8-9-17(15-30)12-21(16)29(19-6-4-3-5-7-19)24-26-22(18-13-25-28(2)14-18)20-10-11-31-23(20)27-24/h3-14,30H,15H2,1-2H3. The highest BCUT2D eigenvalue weighted by atomic mass is 32.1. The molecule has 0 saturated carbocycles. The van der Waals surface area contributed by atoms with E-state index in [1.54, 1.807) is 16.0 Å². The molecule has 0 spiro atoms. The van der Waals surface area contributed by atoms with Crippen LogP contribution in [-0.2, 0) is 13.7 Å². The van der Waals surface area contributed by atoms with E-state index in [4.69, 9.17) is 9.97 Å². The maximum Gasteiger partial charge on any atom is 0.236 e. The third-order valence-corrected chi connectivity index (χ3v) is 6.01. The second-order valence-corrected chi connectivity index (χ2v) is 8.26. The van der Waals surface area contributed by atoms with Gasteiger partial charge in [0.25, 0.3) is 0 Å². The molecule has 0 saturated heterocycles. The number of aliphatic hydroxyl groups excluding tert-OH is 1. The summed E-state index contributed by atoms with van der Waals surface area (Å²) in [6, 6.07) is 18.1. The van der Waals surface area contributed by atoms with Crippen LogP contribution in [0.15, 0.2) is 72.4 Å². The number of fused-ring (bicyclic) bond motifs is 1. The summed E-state index contributed by atoms with van der Waals surface area (Å²) in [5.74, 6) is 0.582. The molecule has 0 aliphatic carbocycles. The van der Waals surface area contributed by atoms with Gasteiger partial charge in [0.15, 0.2) is 0 Å². The molecule has 3 aromatic heterocycles. The number of aliphatic hydroxyl groups is 1. The Hall–Kier alpha value is -3.55. The molecule has 0 atom stereocenters. The fraction of sp³-hybridized carbons (Fsp3) is 0.125. The number of hydrogen-bond donors (Lipinski definition) is 1. The van der Waals surface area contributed by atoms with E-state index in [1.807, 2.05) is 78.3 Å². The molecule has 0 amide bonds. The van der Waals surface area contributed by atoms with E-state index in [2.05, 4.69) is 18.1 Å². The third-order valence-electron chi connectivity index (χ3n) is 5.20. The number of hydrogen-bond acceptors (Lipinski definition) is 6. The number of rotatable bonds is 5. The van der Waals surface area contributed by atoms with Gasteiger partial charge in [0.05, 0.1) is 24.2 Å². The van der Waals surface area contributed by atoms with Crippen molar-refractivity contribution in [2.75, 3.05) is 4.90 Å². The van der Waals surface area contributed by atoms with Gasteiger partial charge in [0.2, 0.25) is 5.95 Å². The Morgan fingerprint density at radius 3 is 2.65 bits per heavy atom. The topological polar surface area (TPSA) is 67.1 Å². The summed E-state index contributed by atoms with van der Waals surface area (Å²) < 4.78 is 1.78. The Bertz CT molecular complexity index is 1360. The lowest BCUT2D eigenvalue weighted by Crippen LogP contribution is -2.15. The second kappa shape index (κ2) is 7.94. The van der Waals surface area contributed by atoms with Crippen molar-refractivity contribution in [1.82, 2.24) is 19.7 Å². The zero-order chi connectivity index (χ0) is 21.4. The molecule has 0 aliphatic heterocycles. The summed E-state index contributed by atoms with van der Waals surface area (Å²) >= 11 is 1.59. The first kappa shape index (κ1) is 19.4. The first-order chi connectivity index (χ1) is 15.1. The molecule has 7 heteroatoms. The van der Waals surface area contributed by atoms with E-state index in [0.717, 1.165) is 44.0 Å². The lowest BCUT2D eigenvalue weighted by Gasteiger charge is -2.25. The molecule has 154 valence electrons. The highest BCUT2D eigenvalue weighted by molar-refractivity contribution is 7.16. The van der Waals surface area contributed by atoms with Crippen LogP contribution >= 0.6 is 11.3 Å². The fourth-order valence-electron chi connectivity index (χ4n) is 3.64. The number of benzene rings is 2. The van der Waals surface area contributed by atoms with Crippen molar-refractivity contribution in [3.8, 4) is 11.3 Å². The summed E-state index contributed by atoms with van der Waals surface area (Å²) in [6.07, 6.45) is 3.79. The predicted octanol–water partition coefficient (Wildman–Crippen LogP) is 5.36. The van der Waals surface area contributed by atoms with Gasteiger partial charge in [-0.25, -0.2) is 9.97 Å². The van der Waals surface area contributed by atoms with Gasteiger partial charge in [0, 0.05) is 29.9 Å². The summed E-state index contributed by atoms with van der Waals surface area (Å²) in [4.78, 5) is 12.9. The average molecular weight is 428 g/mol. The lowest BCUT2D eigenvalue weighted by molar-refractivity contribution is 0.282. The maximum absolute atomic E-state index is 9.73. The minimum Gasteiger partial charge on any atom is -0.392 e. The van der Waals surface area contributed by atoms with E-state index in [9.17, 15) is 5.11 Å². The predicted molar refractivity (Wildman–Crippen MR) is 125 cm³/mol. The third kappa shape index (κ3) is 3.58. The van der Waals surface area contributed by atoms with Gasteiger partial charge in [-0.15, -0.1) is 11.3 Å². The molecule has 0 unspecified atom stereocenters. The van der Waals surface area contributed by atoms with E-state index in [-0.39, 0.29) is 6.61 Å². The molecule has 5 rings (SSSR count). The number of thiophene rings is 1. The van der Waals surface area contributed by atoms with Crippen LogP contribution in [0.1, 0.15) is 11.1 Å². The molecular weight excluding hydrogens is 406 g/mol. The van der Waals surface area contributed by atoms with Crippen molar-refractivity contribution in [3.05, 3.63) is 83.5 Å². The first-order valence-electron chi connectivity index (χ1n) is 9.94. The molecular formula is C24H21N5OS. The van der Waals surface area contributed by atoms with Gasteiger partial charge in [-0.3, -0.25) is 9.58 Å². The van der Waals surface area contributed by atoms with Crippen LogP contribution in [0, 0.1) is 6.92 Å². The number of nitrogens with zero attached hydrogens (tertiary/aromatic N) is 5. The van der Waals surface area contributed by atoms with Gasteiger partial charge in [-0.2, -0.15) is 5.10 Å². The van der Waals surface area contributed by atoms with Crippen LogP contribution in [0.3, 0.4) is 0 Å².